The third kappa shape index (κ3) is 4.71. The first-order chi connectivity index (χ1) is 11.1. The Morgan fingerprint density at radius 1 is 1.04 bits per heavy atom. The lowest BCUT2D eigenvalue weighted by molar-refractivity contribution is -0.141. The van der Waals surface area contributed by atoms with Crippen LogP contribution in [0.25, 0.3) is 6.08 Å². The Bertz CT molecular complexity index is 719. The van der Waals surface area contributed by atoms with Crippen molar-refractivity contribution in [1.29, 1.82) is 0 Å². The quantitative estimate of drug-likeness (QED) is 0.652. The summed E-state index contributed by atoms with van der Waals surface area (Å²) in [5.74, 6) is -0.623. The predicted molar refractivity (Wildman–Crippen MR) is 85.2 cm³/mol. The molecule has 0 aliphatic rings. The van der Waals surface area contributed by atoms with Crippen molar-refractivity contribution in [3.63, 3.8) is 0 Å². The number of benzene rings is 2. The van der Waals surface area contributed by atoms with Crippen LogP contribution in [0.4, 0.5) is 0 Å². The minimum absolute atomic E-state index is 0.0455. The molecule has 5 nitrogen and oxygen atoms in total. The molecule has 0 aliphatic carbocycles. The molecule has 0 unspecified atom stereocenters. The summed E-state index contributed by atoms with van der Waals surface area (Å²) in [6, 6.07) is 16.2. The zero-order valence-electron chi connectivity index (χ0n) is 12.6. The average Bonchev–Trinajstić information content (AvgIpc) is 2.56. The van der Waals surface area contributed by atoms with Gasteiger partial charge in [-0.2, -0.15) is 0 Å². The number of para-hydroxylation sites is 2. The highest BCUT2D eigenvalue weighted by Gasteiger charge is 2.15. The van der Waals surface area contributed by atoms with Gasteiger partial charge in [0.15, 0.2) is 0 Å². The monoisotopic (exact) mass is 312 g/mol. The van der Waals surface area contributed by atoms with Crippen LogP contribution in [0.1, 0.15) is 12.0 Å². The molecule has 0 bridgehead atoms. The molecule has 5 heteroatoms. The van der Waals surface area contributed by atoms with E-state index >= 15 is 0 Å². The van der Waals surface area contributed by atoms with Gasteiger partial charge in [-0.25, -0.2) is 4.79 Å². The standard InChI is InChI=1S/C18H16O5/c1-22-18(21)14(12-17(19)20)11-13-7-5-6-10-16(13)23-15-8-3-2-4-9-15/h2-11H,12H2,1H3,(H,19,20)/b14-11+. The van der Waals surface area contributed by atoms with Gasteiger partial charge in [0.1, 0.15) is 11.5 Å². The molecule has 23 heavy (non-hydrogen) atoms. The number of carbonyl (C=O) groups excluding carboxylic acids is 1. The molecule has 118 valence electrons. The maximum absolute atomic E-state index is 11.7. The lowest BCUT2D eigenvalue weighted by Gasteiger charge is -2.10. The summed E-state index contributed by atoms with van der Waals surface area (Å²) in [6.07, 6.45) is 1.05. The Labute approximate surface area is 133 Å². The molecular formula is C18H16O5. The van der Waals surface area contributed by atoms with Gasteiger partial charge in [0.25, 0.3) is 0 Å². The fraction of sp³-hybridized carbons (Fsp3) is 0.111. The highest BCUT2D eigenvalue weighted by atomic mass is 16.5. The number of methoxy groups -OCH3 is 1. The number of carboxylic acids is 1. The number of esters is 1. The van der Waals surface area contributed by atoms with E-state index in [1.807, 2.05) is 18.2 Å². The van der Waals surface area contributed by atoms with Crippen molar-refractivity contribution >= 4 is 18.0 Å². The molecule has 0 heterocycles. The largest absolute Gasteiger partial charge is 0.481 e. The number of hydrogen-bond donors (Lipinski definition) is 1. The molecule has 0 spiro atoms. The van der Waals surface area contributed by atoms with E-state index in [-0.39, 0.29) is 5.57 Å². The van der Waals surface area contributed by atoms with E-state index in [0.717, 1.165) is 0 Å². The second kappa shape index (κ2) is 7.79. The fourth-order valence-electron chi connectivity index (χ4n) is 1.97. The Kier molecular flexibility index (Phi) is 5.52. The minimum Gasteiger partial charge on any atom is -0.481 e. The van der Waals surface area contributed by atoms with Crippen molar-refractivity contribution in [3.05, 3.63) is 65.7 Å². The summed E-state index contributed by atoms with van der Waals surface area (Å²) in [6.45, 7) is 0. The predicted octanol–water partition coefficient (Wildman–Crippen LogP) is 3.51. The lowest BCUT2D eigenvalue weighted by atomic mass is 10.1. The number of carboxylic acid groups (broad SMARTS) is 1. The highest BCUT2D eigenvalue weighted by Crippen LogP contribution is 2.27. The Hall–Kier alpha value is -3.08. The normalized spacial score (nSPS) is 10.9. The molecular weight excluding hydrogens is 296 g/mol. The summed E-state index contributed by atoms with van der Waals surface area (Å²) in [5, 5.41) is 8.93. The van der Waals surface area contributed by atoms with Crippen LogP contribution in [0.5, 0.6) is 11.5 Å². The molecule has 0 radical (unpaired) electrons. The molecule has 0 saturated heterocycles. The van der Waals surface area contributed by atoms with Crippen LogP contribution >= 0.6 is 0 Å². The molecule has 0 aromatic heterocycles. The first kappa shape index (κ1) is 16.3. The van der Waals surface area contributed by atoms with Crippen LogP contribution in [-0.2, 0) is 14.3 Å². The van der Waals surface area contributed by atoms with E-state index in [9.17, 15) is 9.59 Å². The lowest BCUT2D eigenvalue weighted by Crippen LogP contribution is -2.09. The SMILES string of the molecule is COC(=O)/C(=C/c1ccccc1Oc1ccccc1)CC(=O)O. The average molecular weight is 312 g/mol. The zero-order valence-corrected chi connectivity index (χ0v) is 12.6. The number of aliphatic carboxylic acids is 1. The zero-order chi connectivity index (χ0) is 16.7. The fourth-order valence-corrected chi connectivity index (χ4v) is 1.97. The topological polar surface area (TPSA) is 72.8 Å². The van der Waals surface area contributed by atoms with E-state index in [1.165, 1.54) is 13.2 Å². The summed E-state index contributed by atoms with van der Waals surface area (Å²) >= 11 is 0. The van der Waals surface area contributed by atoms with Crippen molar-refractivity contribution in [3.8, 4) is 11.5 Å². The van der Waals surface area contributed by atoms with Gasteiger partial charge in [-0.3, -0.25) is 4.79 Å². The first-order valence-corrected chi connectivity index (χ1v) is 6.92. The molecule has 0 amide bonds. The first-order valence-electron chi connectivity index (χ1n) is 6.92. The van der Waals surface area contributed by atoms with Crippen molar-refractivity contribution < 1.29 is 24.2 Å². The molecule has 0 saturated carbocycles. The van der Waals surface area contributed by atoms with Gasteiger partial charge < -0.3 is 14.6 Å². The van der Waals surface area contributed by atoms with E-state index in [4.69, 9.17) is 9.84 Å². The Morgan fingerprint density at radius 2 is 1.70 bits per heavy atom. The molecule has 0 aliphatic heterocycles. The van der Waals surface area contributed by atoms with Gasteiger partial charge in [0.2, 0.25) is 0 Å². The van der Waals surface area contributed by atoms with E-state index in [1.54, 1.807) is 36.4 Å². The molecule has 2 aromatic rings. The number of rotatable bonds is 6. The van der Waals surface area contributed by atoms with Crippen LogP contribution in [0, 0.1) is 0 Å². The third-order valence-electron chi connectivity index (χ3n) is 3.01. The van der Waals surface area contributed by atoms with Crippen molar-refractivity contribution in [2.45, 2.75) is 6.42 Å². The maximum Gasteiger partial charge on any atom is 0.334 e. The number of hydrogen-bond acceptors (Lipinski definition) is 4. The Balaban J connectivity index is 2.36. The number of ether oxygens (including phenoxy) is 2. The molecule has 0 atom stereocenters. The van der Waals surface area contributed by atoms with Gasteiger partial charge in [-0.15, -0.1) is 0 Å². The highest BCUT2D eigenvalue weighted by molar-refractivity contribution is 5.98. The van der Waals surface area contributed by atoms with Gasteiger partial charge in [0, 0.05) is 11.1 Å². The van der Waals surface area contributed by atoms with E-state index in [2.05, 4.69) is 4.74 Å². The van der Waals surface area contributed by atoms with E-state index in [0.29, 0.717) is 17.1 Å². The summed E-state index contributed by atoms with van der Waals surface area (Å²) in [4.78, 5) is 22.6. The second-order valence-electron chi connectivity index (χ2n) is 4.68. The maximum atomic E-state index is 11.7. The summed E-state index contributed by atoms with van der Waals surface area (Å²) < 4.78 is 10.4. The van der Waals surface area contributed by atoms with Crippen molar-refractivity contribution in [2.75, 3.05) is 7.11 Å². The smallest absolute Gasteiger partial charge is 0.334 e. The molecule has 1 N–H and O–H groups in total. The van der Waals surface area contributed by atoms with Crippen molar-refractivity contribution in [2.24, 2.45) is 0 Å². The Morgan fingerprint density at radius 3 is 2.35 bits per heavy atom. The van der Waals surface area contributed by atoms with Gasteiger partial charge in [-0.05, 0) is 24.3 Å². The van der Waals surface area contributed by atoms with Crippen molar-refractivity contribution in [1.82, 2.24) is 0 Å². The minimum atomic E-state index is -1.11. The number of carbonyl (C=O) groups is 2. The molecule has 2 rings (SSSR count). The van der Waals surface area contributed by atoms with Gasteiger partial charge in [-0.1, -0.05) is 36.4 Å². The molecule has 2 aromatic carbocycles. The molecule has 0 fully saturated rings. The van der Waals surface area contributed by atoms with Crippen LogP contribution < -0.4 is 4.74 Å². The van der Waals surface area contributed by atoms with Crippen LogP contribution in [0.2, 0.25) is 0 Å². The van der Waals surface area contributed by atoms with Crippen LogP contribution in [0.15, 0.2) is 60.2 Å². The van der Waals surface area contributed by atoms with Gasteiger partial charge >= 0.3 is 11.9 Å². The third-order valence-corrected chi connectivity index (χ3v) is 3.01. The second-order valence-corrected chi connectivity index (χ2v) is 4.68. The summed E-state index contributed by atoms with van der Waals surface area (Å²) in [7, 11) is 1.21. The summed E-state index contributed by atoms with van der Waals surface area (Å²) in [5.41, 5.74) is 0.641. The van der Waals surface area contributed by atoms with Crippen LogP contribution in [-0.4, -0.2) is 24.2 Å². The van der Waals surface area contributed by atoms with Crippen LogP contribution in [0.3, 0.4) is 0 Å². The van der Waals surface area contributed by atoms with E-state index < -0.39 is 18.4 Å². The van der Waals surface area contributed by atoms with Gasteiger partial charge in [0.05, 0.1) is 13.5 Å².